The van der Waals surface area contributed by atoms with Crippen molar-refractivity contribution in [3.63, 3.8) is 0 Å². The smallest absolute Gasteiger partial charge is 0.202 e. The second-order valence-corrected chi connectivity index (χ2v) is 7.18. The molecule has 0 heterocycles. The van der Waals surface area contributed by atoms with Crippen molar-refractivity contribution in [1.82, 2.24) is 0 Å². The lowest BCUT2D eigenvalue weighted by molar-refractivity contribution is -0.139. The molecule has 0 saturated heterocycles. The maximum absolute atomic E-state index is 12.9. The summed E-state index contributed by atoms with van der Waals surface area (Å²) in [5.41, 5.74) is -3.84. The minimum Gasteiger partial charge on any atom is -0.507 e. The largest absolute Gasteiger partial charge is 0.507 e. The Hall–Kier alpha value is -3.23. The van der Waals surface area contributed by atoms with Crippen LogP contribution >= 0.6 is 0 Å². The van der Waals surface area contributed by atoms with Gasteiger partial charge in [-0.25, -0.2) is 0 Å². The molecule has 0 bridgehead atoms. The highest BCUT2D eigenvalue weighted by molar-refractivity contribution is 6.31. The minimum absolute atomic E-state index is 0.148. The van der Waals surface area contributed by atoms with Gasteiger partial charge in [-0.1, -0.05) is 12.1 Å². The van der Waals surface area contributed by atoms with Crippen LogP contribution in [0.15, 0.2) is 18.2 Å². The molecule has 0 fully saturated rings. The number of rotatable bonds is 1. The van der Waals surface area contributed by atoms with Crippen LogP contribution in [-0.2, 0) is 11.2 Å². The third-order valence-corrected chi connectivity index (χ3v) is 5.55. The summed E-state index contributed by atoms with van der Waals surface area (Å²) in [7, 11) is 0. The molecule has 0 aromatic heterocycles. The number of carbonyl (C=O) groups excluding carboxylic acids is 3. The van der Waals surface area contributed by atoms with E-state index >= 15 is 0 Å². The van der Waals surface area contributed by atoms with E-state index in [1.807, 2.05) is 0 Å². The van der Waals surface area contributed by atoms with E-state index in [0.29, 0.717) is 0 Å². The summed E-state index contributed by atoms with van der Waals surface area (Å²) < 4.78 is 0. The second kappa shape index (κ2) is 5.63. The summed E-state index contributed by atoms with van der Waals surface area (Å²) in [6.45, 7) is 1.13. The van der Waals surface area contributed by atoms with Crippen molar-refractivity contribution in [2.45, 2.75) is 31.5 Å². The molecule has 0 spiro atoms. The Labute approximate surface area is 158 Å². The Balaban J connectivity index is 2.05. The van der Waals surface area contributed by atoms with Crippen molar-refractivity contribution in [2.75, 3.05) is 0 Å². The number of aliphatic hydroxyl groups is 2. The van der Waals surface area contributed by atoms with Crippen molar-refractivity contribution in [2.24, 2.45) is 0 Å². The monoisotopic (exact) mass is 384 g/mol. The van der Waals surface area contributed by atoms with Gasteiger partial charge in [0.15, 0.2) is 11.6 Å². The number of carbonyl (C=O) groups is 3. The number of Topliss-reactive ketones (excluding diaryl/α,β-unsaturated/α-hetero) is 1. The van der Waals surface area contributed by atoms with Gasteiger partial charge in [0.25, 0.3) is 0 Å². The van der Waals surface area contributed by atoms with Crippen LogP contribution in [0.1, 0.15) is 62.4 Å². The summed E-state index contributed by atoms with van der Waals surface area (Å²) in [5.74, 6) is -4.18. The first-order chi connectivity index (χ1) is 13.1. The number of phenolic OH excluding ortho intramolecular Hbond substituents is 3. The molecule has 8 nitrogen and oxygen atoms in total. The molecule has 2 aliphatic rings. The molecule has 0 amide bonds. The number of phenols is 3. The fourth-order valence-electron chi connectivity index (χ4n) is 4.06. The second-order valence-electron chi connectivity index (χ2n) is 7.18. The first kappa shape index (κ1) is 18.1. The number of fused-ring (bicyclic) bond motifs is 3. The number of hydrogen-bond donors (Lipinski definition) is 5. The molecule has 0 saturated carbocycles. The zero-order valence-corrected chi connectivity index (χ0v) is 14.7. The standard InChI is InChI=1S/C20H16O8/c1-7(21)20(28)5-9-13(11(23)6-20)19(27)15-14(17(9)25)16(24)8-3-2-4-10(22)12(8)18(15)26/h2-4,11,22-23,25,27-28H,5-6H2,1H3/t11?,20-/m1/s1. The van der Waals surface area contributed by atoms with E-state index in [9.17, 15) is 39.9 Å². The van der Waals surface area contributed by atoms with Gasteiger partial charge in [0.1, 0.15) is 22.8 Å². The molecule has 2 aromatic rings. The predicted molar refractivity (Wildman–Crippen MR) is 93.7 cm³/mol. The van der Waals surface area contributed by atoms with Gasteiger partial charge in [-0.15, -0.1) is 0 Å². The Morgan fingerprint density at radius 2 is 1.68 bits per heavy atom. The lowest BCUT2D eigenvalue weighted by Crippen LogP contribution is -2.44. The van der Waals surface area contributed by atoms with E-state index in [1.165, 1.54) is 18.2 Å². The maximum Gasteiger partial charge on any atom is 0.202 e. The molecular formula is C20H16O8. The van der Waals surface area contributed by atoms with Gasteiger partial charge in [-0.3, -0.25) is 14.4 Å². The highest BCUT2D eigenvalue weighted by Gasteiger charge is 2.47. The van der Waals surface area contributed by atoms with Crippen LogP contribution in [0.2, 0.25) is 0 Å². The van der Waals surface area contributed by atoms with Gasteiger partial charge < -0.3 is 25.5 Å². The normalized spacial score (nSPS) is 23.0. The molecule has 28 heavy (non-hydrogen) atoms. The van der Waals surface area contributed by atoms with E-state index in [4.69, 9.17) is 0 Å². The summed E-state index contributed by atoms with van der Waals surface area (Å²) in [6, 6.07) is 3.87. The number of ketones is 3. The Kier molecular flexibility index (Phi) is 3.65. The molecule has 5 N–H and O–H groups in total. The molecule has 0 radical (unpaired) electrons. The third-order valence-electron chi connectivity index (χ3n) is 5.55. The summed E-state index contributed by atoms with van der Waals surface area (Å²) in [4.78, 5) is 37.6. The number of hydrogen-bond acceptors (Lipinski definition) is 8. The molecule has 1 unspecified atom stereocenters. The van der Waals surface area contributed by atoms with E-state index in [1.54, 1.807) is 0 Å². The molecule has 2 aromatic carbocycles. The lowest BCUT2D eigenvalue weighted by atomic mass is 9.72. The zero-order valence-electron chi connectivity index (χ0n) is 14.7. The predicted octanol–water partition coefficient (Wildman–Crippen LogP) is 0.878. The number of benzene rings is 2. The number of aromatic hydroxyl groups is 3. The Morgan fingerprint density at radius 1 is 1.04 bits per heavy atom. The van der Waals surface area contributed by atoms with Gasteiger partial charge in [0.05, 0.1) is 22.8 Å². The van der Waals surface area contributed by atoms with Crippen molar-refractivity contribution < 1.29 is 39.9 Å². The van der Waals surface area contributed by atoms with Gasteiger partial charge >= 0.3 is 0 Å². The van der Waals surface area contributed by atoms with Crippen LogP contribution in [0.3, 0.4) is 0 Å². The van der Waals surface area contributed by atoms with Gasteiger partial charge in [-0.2, -0.15) is 0 Å². The summed E-state index contributed by atoms with van der Waals surface area (Å²) >= 11 is 0. The highest BCUT2D eigenvalue weighted by atomic mass is 16.3. The first-order valence-corrected chi connectivity index (χ1v) is 8.52. The molecule has 2 aliphatic carbocycles. The van der Waals surface area contributed by atoms with Crippen molar-refractivity contribution in [3.05, 3.63) is 51.6 Å². The SMILES string of the molecule is CC(=O)[C@@]1(O)Cc2c(O)c3c(c(O)c2C(O)C1)C(=O)c1c(O)cccc1C3=O. The molecule has 144 valence electrons. The van der Waals surface area contributed by atoms with Crippen LogP contribution in [-0.4, -0.2) is 48.5 Å². The van der Waals surface area contributed by atoms with Crippen LogP contribution in [0.5, 0.6) is 17.2 Å². The Morgan fingerprint density at radius 3 is 2.32 bits per heavy atom. The molecule has 4 rings (SSSR count). The molecule has 2 atom stereocenters. The van der Waals surface area contributed by atoms with Gasteiger partial charge in [0.2, 0.25) is 5.78 Å². The molecule has 0 aliphatic heterocycles. The maximum atomic E-state index is 12.9. The molecular weight excluding hydrogens is 368 g/mol. The fourth-order valence-corrected chi connectivity index (χ4v) is 4.06. The van der Waals surface area contributed by atoms with Crippen molar-refractivity contribution in [3.8, 4) is 17.2 Å². The van der Waals surface area contributed by atoms with Crippen molar-refractivity contribution >= 4 is 17.3 Å². The summed E-state index contributed by atoms with van der Waals surface area (Å²) in [6.07, 6.45) is -2.43. The fraction of sp³-hybridized carbons (Fsp3) is 0.250. The van der Waals surface area contributed by atoms with Crippen LogP contribution in [0.25, 0.3) is 0 Å². The third kappa shape index (κ3) is 2.15. The van der Waals surface area contributed by atoms with E-state index < -0.39 is 70.3 Å². The lowest BCUT2D eigenvalue weighted by Gasteiger charge is -2.36. The van der Waals surface area contributed by atoms with Gasteiger partial charge in [0, 0.05) is 29.5 Å². The number of aliphatic hydroxyl groups excluding tert-OH is 1. The average Bonchev–Trinajstić information content (AvgIpc) is 2.61. The van der Waals surface area contributed by atoms with Crippen LogP contribution in [0, 0.1) is 0 Å². The van der Waals surface area contributed by atoms with Crippen LogP contribution < -0.4 is 0 Å². The van der Waals surface area contributed by atoms with Crippen LogP contribution in [0.4, 0.5) is 0 Å². The van der Waals surface area contributed by atoms with E-state index in [0.717, 1.165) is 6.92 Å². The summed E-state index contributed by atoms with van der Waals surface area (Å²) in [5, 5.41) is 52.4. The van der Waals surface area contributed by atoms with Crippen molar-refractivity contribution in [1.29, 1.82) is 0 Å². The van der Waals surface area contributed by atoms with E-state index in [-0.39, 0.29) is 22.3 Å². The zero-order chi connectivity index (χ0) is 20.5. The van der Waals surface area contributed by atoms with E-state index in [2.05, 4.69) is 0 Å². The topological polar surface area (TPSA) is 152 Å². The first-order valence-electron chi connectivity index (χ1n) is 8.52. The highest BCUT2D eigenvalue weighted by Crippen LogP contribution is 2.50. The minimum atomic E-state index is -1.98. The quantitative estimate of drug-likeness (QED) is 0.388. The average molecular weight is 384 g/mol. The molecule has 8 heteroatoms. The van der Waals surface area contributed by atoms with Gasteiger partial charge in [-0.05, 0) is 13.0 Å². The Bertz CT molecular complexity index is 1100.